The first-order valence-electron chi connectivity index (χ1n) is 17.5. The first kappa shape index (κ1) is 46.2. The van der Waals surface area contributed by atoms with Crippen LogP contribution in [0.1, 0.15) is 103 Å². The van der Waals surface area contributed by atoms with E-state index in [1.165, 1.54) is 110 Å². The predicted octanol–water partition coefficient (Wildman–Crippen LogP) is 13.5. The summed E-state index contributed by atoms with van der Waals surface area (Å²) < 4.78 is 27.1. The summed E-state index contributed by atoms with van der Waals surface area (Å²) in [6.45, 7) is 22.5. The van der Waals surface area contributed by atoms with E-state index in [1.54, 1.807) is 24.3 Å². The van der Waals surface area contributed by atoms with Crippen molar-refractivity contribution in [1.29, 1.82) is 0 Å². The van der Waals surface area contributed by atoms with Crippen LogP contribution in [0.3, 0.4) is 0 Å². The molecule has 1 unspecified atom stereocenters. The third kappa shape index (κ3) is 11.3. The topological polar surface area (TPSA) is 0 Å². The maximum absolute atomic E-state index is 11.9. The molecule has 0 fully saturated rings. The molecular weight excluding hydrogens is 777 g/mol. The van der Waals surface area contributed by atoms with Gasteiger partial charge in [0, 0.05) is 17.0 Å². The second-order valence-corrected chi connectivity index (χ2v) is 15.6. The molecule has 0 saturated heterocycles. The van der Waals surface area contributed by atoms with Gasteiger partial charge in [0.1, 0.15) is 0 Å². The van der Waals surface area contributed by atoms with Crippen LogP contribution in [0.15, 0.2) is 96.6 Å². The number of rotatable bonds is 0. The quantitative estimate of drug-likeness (QED) is 0.136. The second kappa shape index (κ2) is 19.1. The molecule has 5 heteroatoms. The van der Waals surface area contributed by atoms with Crippen molar-refractivity contribution in [2.75, 3.05) is 0 Å². The van der Waals surface area contributed by atoms with E-state index < -0.39 is 0 Å². The zero-order valence-electron chi connectivity index (χ0n) is 32.7. The van der Waals surface area contributed by atoms with E-state index in [1.807, 2.05) is 0 Å². The summed E-state index contributed by atoms with van der Waals surface area (Å²) in [5.74, 6) is 0.0548. The molecule has 0 N–H and O–H groups in total. The Morgan fingerprint density at radius 3 is 1.68 bits per heavy atom. The van der Waals surface area contributed by atoms with E-state index >= 15 is 0 Å². The Kier molecular flexibility index (Phi) is 16.6. The maximum atomic E-state index is 11.9. The summed E-state index contributed by atoms with van der Waals surface area (Å²) in [6, 6.07) is 26.9. The van der Waals surface area contributed by atoms with Crippen LogP contribution in [0, 0.1) is 47.3 Å². The molecule has 0 aliphatic heterocycles. The van der Waals surface area contributed by atoms with E-state index in [0.717, 1.165) is 6.42 Å². The van der Waals surface area contributed by atoms with Crippen molar-refractivity contribution in [3.8, 4) is 11.1 Å². The molecule has 0 saturated carbocycles. The molecule has 1 atom stereocenters. The van der Waals surface area contributed by atoms with Gasteiger partial charge in [-0.25, -0.2) is 11.6 Å². The average molecular weight is 829 g/mol. The van der Waals surface area contributed by atoms with Crippen LogP contribution in [0.25, 0.3) is 22.3 Å². The van der Waals surface area contributed by atoms with E-state index in [4.69, 9.17) is 0 Å². The molecule has 280 valence electrons. The van der Waals surface area contributed by atoms with Gasteiger partial charge in [0.15, 0.2) is 0 Å². The molecule has 4 aromatic carbocycles. The number of hydrogen-bond acceptors (Lipinski definition) is 0. The first-order valence-corrected chi connectivity index (χ1v) is 19.3. The summed E-state index contributed by atoms with van der Waals surface area (Å²) in [5, 5.41) is 0. The molecule has 0 bridgehead atoms. The van der Waals surface area contributed by atoms with Gasteiger partial charge in [0.25, 0.3) is 0 Å². The van der Waals surface area contributed by atoms with E-state index in [2.05, 4.69) is 140 Å². The molecule has 8 rings (SSSR count). The number of halogens is 4. The predicted molar refractivity (Wildman–Crippen MR) is 223 cm³/mol. The Labute approximate surface area is 345 Å². The summed E-state index contributed by atoms with van der Waals surface area (Å²) >= 11 is 1.30. The first-order chi connectivity index (χ1) is 24.0. The van der Waals surface area contributed by atoms with Crippen LogP contribution in [-0.4, -0.2) is 4.21 Å². The second-order valence-electron chi connectivity index (χ2n) is 15.6. The zero-order valence-corrected chi connectivity index (χ0v) is 36.8. The Morgan fingerprint density at radius 2 is 1.28 bits per heavy atom. The Bertz CT molecular complexity index is 1860. The zero-order chi connectivity index (χ0) is 37.7. The average Bonchev–Trinajstić information content (AvgIpc) is 3.79. The third-order valence-corrected chi connectivity index (χ3v) is 9.57. The van der Waals surface area contributed by atoms with Crippen LogP contribution < -0.4 is 0 Å². The van der Waals surface area contributed by atoms with Gasteiger partial charge in [-0.05, 0) is 58.4 Å². The standard InChI is InChI=1S/C25H25.C10H15.2C6H4F.CH2.2ClH.Zr/c1-14-12-24(3,4)22-8-16-7-17-9-23-19(15(2)13-25(23,5)6)11-21(17)20(16)10-18(14)22;1-8-5-6-9(7-8)10(2,3)4;2*7-6-4-2-1-3-5-6;;;;/h8-12H,7H2,1-6H3;6-8H,1-4H3;2*1-2,4-5H;1H2;2*1H;/q4*-1;;;;. The van der Waals surface area contributed by atoms with Crippen molar-refractivity contribution in [2.45, 2.75) is 86.5 Å². The minimum absolute atomic E-state index is 0. The van der Waals surface area contributed by atoms with Crippen LogP contribution in [-0.2, 0) is 41.5 Å². The Hall–Kier alpha value is -2.97. The SMILES string of the molecule is CC1=[C-]C(C)(C)c2cc3c(cc21)-c1cc2c(cc1C3)C(C)(C)C=C2C.CC1[C-]=CC(C(C)(C)C)=C1.Cl.Cl.Fc1c[c-]ccc1.Fc1c[c-]ccc1.[CH2]=[Zr]. The summed E-state index contributed by atoms with van der Waals surface area (Å²) in [7, 11) is 0. The van der Waals surface area contributed by atoms with Crippen molar-refractivity contribution in [1.82, 2.24) is 0 Å². The van der Waals surface area contributed by atoms with Crippen LogP contribution >= 0.6 is 24.8 Å². The van der Waals surface area contributed by atoms with Crippen molar-refractivity contribution in [3.05, 3.63) is 166 Å². The molecule has 0 amide bonds. The van der Waals surface area contributed by atoms with Crippen molar-refractivity contribution >= 4 is 40.2 Å². The van der Waals surface area contributed by atoms with Crippen molar-refractivity contribution in [2.24, 2.45) is 11.3 Å². The summed E-state index contributed by atoms with van der Waals surface area (Å²) in [5.41, 5.74) is 16.3. The number of benzene rings is 4. The molecule has 0 spiro atoms. The molecule has 0 heterocycles. The van der Waals surface area contributed by atoms with Gasteiger partial charge in [0.05, 0.1) is 0 Å². The normalized spacial score (nSPS) is 16.8. The van der Waals surface area contributed by atoms with Gasteiger partial charge in [-0.15, -0.1) is 60.7 Å². The summed E-state index contributed by atoms with van der Waals surface area (Å²) in [4.78, 5) is 0. The van der Waals surface area contributed by atoms with Crippen LogP contribution in [0.2, 0.25) is 0 Å². The molecule has 0 nitrogen and oxygen atoms in total. The van der Waals surface area contributed by atoms with Crippen molar-refractivity contribution in [3.63, 3.8) is 0 Å². The van der Waals surface area contributed by atoms with Crippen LogP contribution in [0.4, 0.5) is 8.78 Å². The molecule has 4 aliphatic rings. The molecular formula is C48H52Cl2F2Zr-4. The molecule has 53 heavy (non-hydrogen) atoms. The molecule has 0 aromatic heterocycles. The minimum atomic E-state index is -0.234. The fourth-order valence-electron chi connectivity index (χ4n) is 7.07. The third-order valence-electron chi connectivity index (χ3n) is 9.57. The summed E-state index contributed by atoms with van der Waals surface area (Å²) in [6.07, 6.45) is 14.8. The van der Waals surface area contributed by atoms with E-state index in [0.29, 0.717) is 11.3 Å². The van der Waals surface area contributed by atoms with Gasteiger partial charge in [-0.3, -0.25) is 20.9 Å². The fraction of sp³-hybridized carbons (Fsp3) is 0.312. The number of hydrogen-bond donors (Lipinski definition) is 0. The van der Waals surface area contributed by atoms with Gasteiger partial charge in [-0.2, -0.15) is 53.6 Å². The van der Waals surface area contributed by atoms with Gasteiger partial charge in [0.2, 0.25) is 0 Å². The molecule has 4 aromatic rings. The Balaban J connectivity index is 0.000000287. The number of fused-ring (bicyclic) bond motifs is 5. The number of allylic oxidation sites excluding steroid dienone is 8. The van der Waals surface area contributed by atoms with Crippen molar-refractivity contribution < 1.29 is 33.0 Å². The van der Waals surface area contributed by atoms with Gasteiger partial charge < -0.3 is 0 Å². The van der Waals surface area contributed by atoms with Crippen LogP contribution in [0.5, 0.6) is 0 Å². The molecule has 0 radical (unpaired) electrons. The molecule has 4 aliphatic carbocycles. The fourth-order valence-corrected chi connectivity index (χ4v) is 7.07. The van der Waals surface area contributed by atoms with Gasteiger partial charge >= 0.3 is 28.4 Å². The Morgan fingerprint density at radius 1 is 0.774 bits per heavy atom. The van der Waals surface area contributed by atoms with Gasteiger partial charge in [-0.1, -0.05) is 97.3 Å². The monoisotopic (exact) mass is 826 g/mol. The van der Waals surface area contributed by atoms with E-state index in [-0.39, 0.29) is 47.3 Å². The van der Waals surface area contributed by atoms with E-state index in [9.17, 15) is 8.78 Å².